The summed E-state index contributed by atoms with van der Waals surface area (Å²) in [6.45, 7) is 2.37. The zero-order valence-corrected chi connectivity index (χ0v) is 22.7. The van der Waals surface area contributed by atoms with Gasteiger partial charge in [0.1, 0.15) is 22.8 Å². The molecule has 0 saturated carbocycles. The number of hydrogen-bond acceptors (Lipinski definition) is 5. The van der Waals surface area contributed by atoms with Crippen LogP contribution in [0.4, 0.5) is 32.0 Å². The Balaban J connectivity index is 1.67. The van der Waals surface area contributed by atoms with Crippen LogP contribution in [0.1, 0.15) is 24.5 Å². The number of anilines is 1. The third-order valence-electron chi connectivity index (χ3n) is 5.86. The minimum absolute atomic E-state index is 0.0949. The molecule has 0 amide bonds. The molecule has 0 radical (unpaired) electrons. The minimum atomic E-state index is -5.04. The van der Waals surface area contributed by atoms with Crippen LogP contribution in [0.5, 0.6) is 17.2 Å². The Labute approximate surface area is 235 Å². The predicted octanol–water partition coefficient (Wildman–Crippen LogP) is 7.75. The van der Waals surface area contributed by atoms with Crippen LogP contribution in [0.3, 0.4) is 0 Å². The topological polar surface area (TPSA) is 76.7 Å². The Morgan fingerprint density at radius 3 is 2.10 bits per heavy atom. The molecule has 3 aromatic carbocycles. The van der Waals surface area contributed by atoms with E-state index in [4.69, 9.17) is 32.7 Å². The number of alkyl halides is 6. The lowest BCUT2D eigenvalue weighted by Gasteiger charge is -2.27. The van der Waals surface area contributed by atoms with Crippen LogP contribution < -0.4 is 19.5 Å². The maximum Gasteiger partial charge on any atom is 0.420 e. The second-order valence-electron chi connectivity index (χ2n) is 9.16. The molecular weight excluding hydrogens is 609 g/mol. The first-order valence-electron chi connectivity index (χ1n) is 11.4. The van der Waals surface area contributed by atoms with E-state index in [1.165, 1.54) is 18.2 Å². The number of nitrogens with one attached hydrogen (secondary N) is 2. The zero-order chi connectivity index (χ0) is 29.5. The van der Waals surface area contributed by atoms with E-state index in [1.807, 2.05) is 4.72 Å². The van der Waals surface area contributed by atoms with Gasteiger partial charge >= 0.3 is 12.4 Å². The maximum absolute atomic E-state index is 13.9. The molecule has 4 rings (SSSR count). The number of hydrogen-bond donors (Lipinski definition) is 2. The molecule has 1 aliphatic heterocycles. The van der Waals surface area contributed by atoms with Crippen molar-refractivity contribution in [1.82, 2.24) is 5.32 Å². The summed E-state index contributed by atoms with van der Waals surface area (Å²) >= 11 is 11.7. The average Bonchev–Trinajstić information content (AvgIpc) is 3.22. The van der Waals surface area contributed by atoms with Gasteiger partial charge in [0.15, 0.2) is 0 Å². The van der Waals surface area contributed by atoms with E-state index < -0.39 is 55.5 Å². The van der Waals surface area contributed by atoms with Crippen molar-refractivity contribution in [3.63, 3.8) is 0 Å². The summed E-state index contributed by atoms with van der Waals surface area (Å²) in [7, 11) is -4.70. The first-order chi connectivity index (χ1) is 18.5. The molecule has 3 aromatic rings. The van der Waals surface area contributed by atoms with Crippen molar-refractivity contribution >= 4 is 38.9 Å². The highest BCUT2D eigenvalue weighted by molar-refractivity contribution is 7.92. The zero-order valence-electron chi connectivity index (χ0n) is 20.4. The fraction of sp³-hybridized carbons (Fsp3) is 0.280. The molecule has 0 unspecified atom stereocenters. The SMILES string of the molecule is C[C@@]1(Oc2cc(NS(=O)(=O)c3ccc(Oc4cc(Cl)cc(Cl)c4)c(C(F)(F)F)c3)ccc2C(F)(F)F)CCNC1. The van der Waals surface area contributed by atoms with Crippen LogP contribution in [0, 0.1) is 0 Å². The van der Waals surface area contributed by atoms with E-state index >= 15 is 0 Å². The minimum Gasteiger partial charge on any atom is -0.485 e. The summed E-state index contributed by atoms with van der Waals surface area (Å²) in [5, 5.41) is 3.17. The smallest absolute Gasteiger partial charge is 0.420 e. The summed E-state index contributed by atoms with van der Waals surface area (Å²) in [5.41, 5.74) is -3.89. The number of benzene rings is 3. The molecule has 0 spiro atoms. The van der Waals surface area contributed by atoms with Gasteiger partial charge in [0.2, 0.25) is 0 Å². The Bertz CT molecular complexity index is 1500. The predicted molar refractivity (Wildman–Crippen MR) is 137 cm³/mol. The second kappa shape index (κ2) is 10.8. The highest BCUT2D eigenvalue weighted by atomic mass is 35.5. The lowest BCUT2D eigenvalue weighted by Crippen LogP contribution is -2.35. The van der Waals surface area contributed by atoms with E-state index in [0.29, 0.717) is 25.1 Å². The summed E-state index contributed by atoms with van der Waals surface area (Å²) in [4.78, 5) is -0.814. The Hall–Kier alpha value is -2.87. The Morgan fingerprint density at radius 2 is 1.52 bits per heavy atom. The van der Waals surface area contributed by atoms with Crippen molar-refractivity contribution in [2.75, 3.05) is 17.8 Å². The van der Waals surface area contributed by atoms with E-state index in [2.05, 4.69) is 5.32 Å². The van der Waals surface area contributed by atoms with Gasteiger partial charge < -0.3 is 14.8 Å². The number of rotatable bonds is 7. The first kappa shape index (κ1) is 30.1. The normalized spacial score (nSPS) is 18.0. The average molecular weight is 629 g/mol. The van der Waals surface area contributed by atoms with E-state index in [9.17, 15) is 34.8 Å². The van der Waals surface area contributed by atoms with Gasteiger partial charge in [-0.1, -0.05) is 23.2 Å². The lowest BCUT2D eigenvalue weighted by molar-refractivity contribution is -0.140. The fourth-order valence-electron chi connectivity index (χ4n) is 3.97. The highest BCUT2D eigenvalue weighted by Gasteiger charge is 2.39. The third kappa shape index (κ3) is 7.06. The van der Waals surface area contributed by atoms with Crippen LogP contribution in [0.25, 0.3) is 0 Å². The van der Waals surface area contributed by atoms with Gasteiger partial charge in [-0.2, -0.15) is 26.3 Å². The molecule has 0 aromatic heterocycles. The Morgan fingerprint density at radius 1 is 0.875 bits per heavy atom. The molecule has 216 valence electrons. The maximum atomic E-state index is 13.9. The van der Waals surface area contributed by atoms with Gasteiger partial charge in [0.05, 0.1) is 21.7 Å². The molecule has 15 heteroatoms. The molecule has 1 saturated heterocycles. The van der Waals surface area contributed by atoms with Gasteiger partial charge in [-0.3, -0.25) is 4.72 Å². The number of ether oxygens (including phenoxy) is 2. The van der Waals surface area contributed by atoms with E-state index in [1.54, 1.807) is 6.92 Å². The van der Waals surface area contributed by atoms with Crippen LogP contribution in [-0.4, -0.2) is 27.1 Å². The van der Waals surface area contributed by atoms with Crippen molar-refractivity contribution in [3.8, 4) is 17.2 Å². The van der Waals surface area contributed by atoms with Crippen molar-refractivity contribution in [2.24, 2.45) is 0 Å². The Kier molecular flexibility index (Phi) is 8.16. The van der Waals surface area contributed by atoms with Crippen LogP contribution in [0.15, 0.2) is 59.5 Å². The number of halogens is 8. The molecule has 1 fully saturated rings. The summed E-state index contributed by atoms with van der Waals surface area (Å²) in [6, 6.07) is 8.07. The van der Waals surface area contributed by atoms with Crippen molar-refractivity contribution < 1.29 is 44.2 Å². The largest absolute Gasteiger partial charge is 0.485 e. The van der Waals surface area contributed by atoms with Crippen LogP contribution >= 0.6 is 23.2 Å². The molecule has 2 N–H and O–H groups in total. The summed E-state index contributed by atoms with van der Waals surface area (Å²) in [5.74, 6) is -1.48. The molecule has 1 aliphatic rings. The molecule has 40 heavy (non-hydrogen) atoms. The summed E-state index contributed by atoms with van der Waals surface area (Å²) in [6.07, 6.45) is -9.45. The van der Waals surface area contributed by atoms with Crippen LogP contribution in [-0.2, 0) is 22.4 Å². The van der Waals surface area contributed by atoms with Gasteiger partial charge in [0.25, 0.3) is 10.0 Å². The fourth-order valence-corrected chi connectivity index (χ4v) is 5.55. The highest BCUT2D eigenvalue weighted by Crippen LogP contribution is 2.42. The second-order valence-corrected chi connectivity index (χ2v) is 11.7. The van der Waals surface area contributed by atoms with Crippen molar-refractivity contribution in [1.29, 1.82) is 0 Å². The van der Waals surface area contributed by atoms with E-state index in [0.717, 1.165) is 24.3 Å². The monoisotopic (exact) mass is 628 g/mol. The molecule has 1 atom stereocenters. The van der Waals surface area contributed by atoms with Gasteiger partial charge in [-0.15, -0.1) is 0 Å². The first-order valence-corrected chi connectivity index (χ1v) is 13.7. The van der Waals surface area contributed by atoms with E-state index in [-0.39, 0.29) is 28.0 Å². The number of sulfonamides is 1. The molecule has 6 nitrogen and oxygen atoms in total. The van der Waals surface area contributed by atoms with Crippen molar-refractivity contribution in [2.45, 2.75) is 36.2 Å². The van der Waals surface area contributed by atoms with Gasteiger partial charge in [-0.05, 0) is 62.0 Å². The van der Waals surface area contributed by atoms with Crippen molar-refractivity contribution in [3.05, 3.63) is 75.8 Å². The van der Waals surface area contributed by atoms with Gasteiger partial charge in [0, 0.05) is 29.1 Å². The quantitative estimate of drug-likeness (QED) is 0.262. The third-order valence-corrected chi connectivity index (χ3v) is 7.67. The summed E-state index contributed by atoms with van der Waals surface area (Å²) < 4.78 is 121. The molecule has 0 aliphatic carbocycles. The standard InChI is InChI=1S/C25H20Cl2F6N2O4S/c1-23(6-7-34-13-23)39-22-11-16(2-4-19(22)24(28,29)30)35-40(36,37)18-3-5-21(20(12-18)25(31,32)33)38-17-9-14(26)8-15(27)10-17/h2-5,8-12,34-35H,6-7,13H2,1H3/t23-/m1/s1. The van der Waals surface area contributed by atoms with Gasteiger partial charge in [-0.25, -0.2) is 8.42 Å². The lowest BCUT2D eigenvalue weighted by atomic mass is 10.1. The molecule has 0 bridgehead atoms. The molecule has 1 heterocycles. The van der Waals surface area contributed by atoms with Crippen LogP contribution in [0.2, 0.25) is 10.0 Å². The molecular formula is C25H20Cl2F6N2O4S.